The lowest BCUT2D eigenvalue weighted by Gasteiger charge is -2.11. The first-order valence-corrected chi connectivity index (χ1v) is 4.87. The van der Waals surface area contributed by atoms with Crippen molar-refractivity contribution in [3.63, 3.8) is 0 Å². The summed E-state index contributed by atoms with van der Waals surface area (Å²) in [6, 6.07) is 1.82. The third-order valence-corrected chi connectivity index (χ3v) is 2.72. The zero-order chi connectivity index (χ0) is 10.7. The lowest BCUT2D eigenvalue weighted by Crippen LogP contribution is -1.94. The van der Waals surface area contributed by atoms with Crippen molar-refractivity contribution in [1.29, 1.82) is 0 Å². The van der Waals surface area contributed by atoms with Crippen LogP contribution in [0, 0.1) is 13.8 Å². The Morgan fingerprint density at radius 3 is 2.71 bits per heavy atom. The second-order valence-corrected chi connectivity index (χ2v) is 3.74. The number of hydrogen-bond acceptors (Lipinski definition) is 2. The van der Waals surface area contributed by atoms with Crippen molar-refractivity contribution < 1.29 is 9.90 Å². The minimum atomic E-state index is 0.219. The van der Waals surface area contributed by atoms with Gasteiger partial charge in [-0.1, -0.05) is 11.6 Å². The standard InChI is InChI=1S/C11H13ClO2/c1-7-6-10(12)8(2)11(14)9(7)4-3-5-13/h5-6,14H,3-4H2,1-2H3. The fourth-order valence-electron chi connectivity index (χ4n) is 1.43. The van der Waals surface area contributed by atoms with E-state index in [0.717, 1.165) is 17.4 Å². The molecule has 1 rings (SSSR count). The molecule has 14 heavy (non-hydrogen) atoms. The Balaban J connectivity index is 3.15. The first-order valence-electron chi connectivity index (χ1n) is 4.49. The molecule has 1 aromatic rings. The number of rotatable bonds is 3. The van der Waals surface area contributed by atoms with E-state index >= 15 is 0 Å². The number of phenols is 1. The van der Waals surface area contributed by atoms with Gasteiger partial charge in [-0.25, -0.2) is 0 Å². The summed E-state index contributed by atoms with van der Waals surface area (Å²) in [6.07, 6.45) is 1.84. The van der Waals surface area contributed by atoms with Crippen molar-refractivity contribution in [2.45, 2.75) is 26.7 Å². The van der Waals surface area contributed by atoms with E-state index in [0.29, 0.717) is 23.4 Å². The number of aromatic hydroxyl groups is 1. The summed E-state index contributed by atoms with van der Waals surface area (Å²) in [5.41, 5.74) is 2.43. The molecule has 0 unspecified atom stereocenters. The summed E-state index contributed by atoms with van der Waals surface area (Å²) in [5, 5.41) is 10.4. The van der Waals surface area contributed by atoms with Gasteiger partial charge in [-0.3, -0.25) is 0 Å². The topological polar surface area (TPSA) is 37.3 Å². The maximum absolute atomic E-state index is 10.2. The highest BCUT2D eigenvalue weighted by Gasteiger charge is 2.10. The molecule has 0 radical (unpaired) electrons. The van der Waals surface area contributed by atoms with Crippen LogP contribution in [-0.4, -0.2) is 11.4 Å². The fourth-order valence-corrected chi connectivity index (χ4v) is 1.68. The van der Waals surface area contributed by atoms with Crippen molar-refractivity contribution in [3.05, 3.63) is 27.8 Å². The van der Waals surface area contributed by atoms with Gasteiger partial charge in [0.25, 0.3) is 0 Å². The van der Waals surface area contributed by atoms with Gasteiger partial charge in [0.2, 0.25) is 0 Å². The molecule has 3 heteroatoms. The van der Waals surface area contributed by atoms with Gasteiger partial charge in [0.05, 0.1) is 0 Å². The molecule has 0 heterocycles. The molecule has 76 valence electrons. The maximum Gasteiger partial charge on any atom is 0.123 e. The Kier molecular flexibility index (Phi) is 3.53. The van der Waals surface area contributed by atoms with Crippen molar-refractivity contribution >= 4 is 17.9 Å². The predicted octanol–water partition coefficient (Wildman–Crippen LogP) is 2.79. The van der Waals surface area contributed by atoms with E-state index in [2.05, 4.69) is 0 Å². The largest absolute Gasteiger partial charge is 0.507 e. The monoisotopic (exact) mass is 212 g/mol. The summed E-state index contributed by atoms with van der Waals surface area (Å²) in [5.74, 6) is 0.219. The number of phenolic OH excluding ortho intramolecular Hbond substituents is 1. The summed E-state index contributed by atoms with van der Waals surface area (Å²) in [7, 11) is 0. The summed E-state index contributed by atoms with van der Waals surface area (Å²) < 4.78 is 0. The van der Waals surface area contributed by atoms with E-state index in [1.54, 1.807) is 6.92 Å². The third kappa shape index (κ3) is 2.07. The number of benzene rings is 1. The van der Waals surface area contributed by atoms with Gasteiger partial charge >= 0.3 is 0 Å². The Morgan fingerprint density at radius 2 is 2.14 bits per heavy atom. The van der Waals surface area contributed by atoms with E-state index in [1.165, 1.54) is 0 Å². The highest BCUT2D eigenvalue weighted by atomic mass is 35.5. The first kappa shape index (κ1) is 11.1. The molecule has 1 aromatic carbocycles. The van der Waals surface area contributed by atoms with Crippen LogP contribution in [0.1, 0.15) is 23.1 Å². The maximum atomic E-state index is 10.2. The van der Waals surface area contributed by atoms with Crippen molar-refractivity contribution in [2.24, 2.45) is 0 Å². The zero-order valence-electron chi connectivity index (χ0n) is 8.30. The number of aryl methyl sites for hydroxylation is 1. The molecule has 0 fully saturated rings. The average molecular weight is 213 g/mol. The number of hydrogen-bond donors (Lipinski definition) is 1. The molecule has 0 atom stereocenters. The molecule has 0 saturated carbocycles. The summed E-state index contributed by atoms with van der Waals surface area (Å²) in [4.78, 5) is 10.2. The Hall–Kier alpha value is -1.02. The molecule has 2 nitrogen and oxygen atoms in total. The van der Waals surface area contributed by atoms with Crippen LogP contribution in [0.5, 0.6) is 5.75 Å². The molecule has 1 N–H and O–H groups in total. The number of aldehydes is 1. The molecule has 0 aliphatic heterocycles. The van der Waals surface area contributed by atoms with Gasteiger partial charge < -0.3 is 9.90 Å². The van der Waals surface area contributed by atoms with Crippen LogP contribution in [0.2, 0.25) is 5.02 Å². The Labute approximate surface area is 88.5 Å². The molecule has 0 aliphatic rings. The van der Waals surface area contributed by atoms with Gasteiger partial charge in [0.1, 0.15) is 12.0 Å². The molecule has 0 spiro atoms. The zero-order valence-corrected chi connectivity index (χ0v) is 9.06. The van der Waals surface area contributed by atoms with Crippen molar-refractivity contribution in [3.8, 4) is 5.75 Å². The number of carbonyl (C=O) groups excluding carboxylic acids is 1. The quantitative estimate of drug-likeness (QED) is 0.783. The normalized spacial score (nSPS) is 10.2. The van der Waals surface area contributed by atoms with Crippen molar-refractivity contribution in [1.82, 2.24) is 0 Å². The van der Waals surface area contributed by atoms with Gasteiger partial charge in [-0.05, 0) is 37.5 Å². The molecule has 0 aliphatic carbocycles. The second kappa shape index (κ2) is 4.47. The third-order valence-electron chi connectivity index (χ3n) is 2.33. The predicted molar refractivity (Wildman–Crippen MR) is 57.0 cm³/mol. The van der Waals surface area contributed by atoms with Crippen LogP contribution in [-0.2, 0) is 11.2 Å². The smallest absolute Gasteiger partial charge is 0.123 e. The molecular formula is C11H13ClO2. The fraction of sp³-hybridized carbons (Fsp3) is 0.364. The summed E-state index contributed by atoms with van der Waals surface area (Å²) >= 11 is 5.90. The highest BCUT2D eigenvalue weighted by Crippen LogP contribution is 2.32. The molecule has 0 aromatic heterocycles. The van der Waals surface area contributed by atoms with Crippen molar-refractivity contribution in [2.75, 3.05) is 0 Å². The number of halogens is 1. The van der Waals surface area contributed by atoms with E-state index in [9.17, 15) is 9.90 Å². The van der Waals surface area contributed by atoms with Crippen LogP contribution in [0.15, 0.2) is 6.07 Å². The van der Waals surface area contributed by atoms with Gasteiger partial charge in [0.15, 0.2) is 0 Å². The minimum absolute atomic E-state index is 0.219. The molecule has 0 saturated heterocycles. The van der Waals surface area contributed by atoms with E-state index in [1.807, 2.05) is 13.0 Å². The van der Waals surface area contributed by atoms with E-state index in [-0.39, 0.29) is 5.75 Å². The SMILES string of the molecule is Cc1cc(Cl)c(C)c(O)c1CCC=O. The Bertz CT molecular complexity index is 359. The Morgan fingerprint density at radius 1 is 1.50 bits per heavy atom. The van der Waals surface area contributed by atoms with Gasteiger partial charge in [0, 0.05) is 17.0 Å². The highest BCUT2D eigenvalue weighted by molar-refractivity contribution is 6.31. The summed E-state index contributed by atoms with van der Waals surface area (Å²) in [6.45, 7) is 3.65. The van der Waals surface area contributed by atoms with Crippen LogP contribution < -0.4 is 0 Å². The minimum Gasteiger partial charge on any atom is -0.507 e. The lowest BCUT2D eigenvalue weighted by molar-refractivity contribution is -0.107. The van der Waals surface area contributed by atoms with E-state index in [4.69, 9.17) is 11.6 Å². The van der Waals surface area contributed by atoms with E-state index < -0.39 is 0 Å². The van der Waals surface area contributed by atoms with Crippen LogP contribution >= 0.6 is 11.6 Å². The number of carbonyl (C=O) groups is 1. The molecule has 0 bridgehead atoms. The van der Waals surface area contributed by atoms with Crippen LogP contribution in [0.4, 0.5) is 0 Å². The lowest BCUT2D eigenvalue weighted by atomic mass is 10.00. The first-order chi connectivity index (χ1) is 6.57. The molecule has 0 amide bonds. The average Bonchev–Trinajstić information content (AvgIpc) is 2.14. The van der Waals surface area contributed by atoms with Gasteiger partial charge in [-0.15, -0.1) is 0 Å². The van der Waals surface area contributed by atoms with Gasteiger partial charge in [-0.2, -0.15) is 0 Å². The van der Waals surface area contributed by atoms with Crippen LogP contribution in [0.25, 0.3) is 0 Å². The van der Waals surface area contributed by atoms with Crippen LogP contribution in [0.3, 0.4) is 0 Å². The second-order valence-electron chi connectivity index (χ2n) is 3.33. The molecular weight excluding hydrogens is 200 g/mol.